The van der Waals surface area contributed by atoms with Gasteiger partial charge in [-0.2, -0.15) is 0 Å². The molecule has 7 aromatic carbocycles. The molecule has 4 nitrogen and oxygen atoms in total. The molecule has 0 atom stereocenters. The third-order valence-corrected chi connectivity index (χ3v) is 8.49. The molecular formula is C41H26N2O2. The molecule has 0 saturated carbocycles. The fraction of sp³-hybridized carbons (Fsp3) is 0. The first-order chi connectivity index (χ1) is 22.3. The summed E-state index contributed by atoms with van der Waals surface area (Å²) >= 11 is 0. The van der Waals surface area contributed by atoms with Crippen LogP contribution in [0.3, 0.4) is 0 Å². The quantitative estimate of drug-likeness (QED) is 0.204. The molecule has 45 heavy (non-hydrogen) atoms. The van der Waals surface area contributed by atoms with Crippen LogP contribution in [0.1, 0.15) is 0 Å². The summed E-state index contributed by atoms with van der Waals surface area (Å²) in [4.78, 5) is 7.21. The Morgan fingerprint density at radius 1 is 0.489 bits per heavy atom. The highest BCUT2D eigenvalue weighted by atomic mass is 16.3. The second kappa shape index (κ2) is 10.2. The number of nitrogens with zero attached hydrogens (tertiary/aromatic N) is 2. The lowest BCUT2D eigenvalue weighted by atomic mass is 10.0. The van der Waals surface area contributed by atoms with E-state index >= 15 is 0 Å². The van der Waals surface area contributed by atoms with Gasteiger partial charge in [0.15, 0.2) is 5.58 Å². The van der Waals surface area contributed by atoms with Gasteiger partial charge in [0.25, 0.3) is 0 Å². The molecule has 0 bridgehead atoms. The first-order valence-corrected chi connectivity index (χ1v) is 15.1. The summed E-state index contributed by atoms with van der Waals surface area (Å²) in [6, 6.07) is 54.4. The lowest BCUT2D eigenvalue weighted by molar-refractivity contribution is 0.623. The monoisotopic (exact) mass is 578 g/mol. The fourth-order valence-corrected chi connectivity index (χ4v) is 6.44. The molecule has 0 saturated heterocycles. The van der Waals surface area contributed by atoms with Crippen molar-refractivity contribution in [3.8, 4) is 22.6 Å². The van der Waals surface area contributed by atoms with Crippen LogP contribution in [-0.2, 0) is 0 Å². The highest BCUT2D eigenvalue weighted by Gasteiger charge is 2.21. The number of anilines is 3. The van der Waals surface area contributed by atoms with Gasteiger partial charge in [-0.25, -0.2) is 4.98 Å². The summed E-state index contributed by atoms with van der Waals surface area (Å²) in [5.41, 5.74) is 9.61. The molecule has 0 amide bonds. The predicted octanol–water partition coefficient (Wildman–Crippen LogP) is 11.7. The van der Waals surface area contributed by atoms with Gasteiger partial charge in [0.2, 0.25) is 5.89 Å². The van der Waals surface area contributed by atoms with Crippen LogP contribution in [0, 0.1) is 0 Å². The first-order valence-electron chi connectivity index (χ1n) is 15.1. The molecule has 0 spiro atoms. The van der Waals surface area contributed by atoms with Crippen molar-refractivity contribution in [2.45, 2.75) is 0 Å². The van der Waals surface area contributed by atoms with E-state index in [1.807, 2.05) is 42.5 Å². The number of aromatic nitrogens is 1. The number of fused-ring (bicyclic) bond motifs is 6. The molecule has 4 heteroatoms. The molecular weight excluding hydrogens is 552 g/mol. The Kier molecular flexibility index (Phi) is 5.78. The maximum atomic E-state index is 6.54. The number of rotatable bonds is 5. The van der Waals surface area contributed by atoms with Crippen LogP contribution in [0.4, 0.5) is 17.1 Å². The minimum Gasteiger partial charge on any atom is -0.456 e. The Balaban J connectivity index is 1.23. The molecule has 212 valence electrons. The van der Waals surface area contributed by atoms with Gasteiger partial charge in [-0.15, -0.1) is 0 Å². The molecule has 0 aliphatic heterocycles. The summed E-state index contributed by atoms with van der Waals surface area (Å²) in [7, 11) is 0. The minimum atomic E-state index is 0.585. The van der Waals surface area contributed by atoms with Crippen LogP contribution in [-0.4, -0.2) is 4.98 Å². The van der Waals surface area contributed by atoms with Crippen LogP contribution in [0.25, 0.3) is 66.4 Å². The van der Waals surface area contributed by atoms with Crippen molar-refractivity contribution in [1.29, 1.82) is 0 Å². The van der Waals surface area contributed by atoms with Crippen LogP contribution in [0.5, 0.6) is 0 Å². The van der Waals surface area contributed by atoms with E-state index in [0.29, 0.717) is 5.89 Å². The molecule has 0 fully saturated rings. The van der Waals surface area contributed by atoms with E-state index in [2.05, 4.69) is 120 Å². The van der Waals surface area contributed by atoms with Gasteiger partial charge in [-0.1, -0.05) is 103 Å². The van der Waals surface area contributed by atoms with E-state index in [9.17, 15) is 0 Å². The molecule has 9 rings (SSSR count). The van der Waals surface area contributed by atoms with Gasteiger partial charge in [-0.3, -0.25) is 0 Å². The average molecular weight is 579 g/mol. The number of oxazole rings is 1. The molecule has 0 N–H and O–H groups in total. The SMILES string of the molecule is c1ccc(-c2ccccc2N(c2ccccc2)c2ccc3c(c2)oc2cccc(-c4nc5ccc6ccccc6c5o4)c23)cc1. The van der Waals surface area contributed by atoms with Crippen molar-refractivity contribution >= 4 is 60.9 Å². The largest absolute Gasteiger partial charge is 0.456 e. The summed E-state index contributed by atoms with van der Waals surface area (Å²) in [5, 5.41) is 4.19. The molecule has 0 aliphatic rings. The maximum absolute atomic E-state index is 6.54. The summed E-state index contributed by atoms with van der Waals surface area (Å²) < 4.78 is 13.0. The van der Waals surface area contributed by atoms with Crippen molar-refractivity contribution in [1.82, 2.24) is 4.98 Å². The molecule has 0 aliphatic carbocycles. The van der Waals surface area contributed by atoms with Crippen molar-refractivity contribution in [3.05, 3.63) is 158 Å². The normalized spacial score (nSPS) is 11.6. The van der Waals surface area contributed by atoms with Crippen LogP contribution < -0.4 is 4.90 Å². The molecule has 2 aromatic heterocycles. The zero-order valence-corrected chi connectivity index (χ0v) is 24.2. The third kappa shape index (κ3) is 4.19. The molecule has 9 aromatic rings. The highest BCUT2D eigenvalue weighted by Crippen LogP contribution is 2.44. The number of para-hydroxylation sites is 2. The second-order valence-corrected chi connectivity index (χ2v) is 11.2. The lowest BCUT2D eigenvalue weighted by Crippen LogP contribution is -2.11. The lowest BCUT2D eigenvalue weighted by Gasteiger charge is -2.27. The van der Waals surface area contributed by atoms with E-state index in [4.69, 9.17) is 13.8 Å². The standard InChI is InChI=1S/C41H26N2O2/c1-3-12-27(13-4-1)31-17-9-10-20-36(31)43(29-15-5-2-6-16-29)30-23-24-33-38(26-30)44-37-21-11-19-34(39(33)37)41-42-35-25-22-28-14-7-8-18-32(28)40(35)45-41/h1-26H. The first kappa shape index (κ1) is 25.4. The minimum absolute atomic E-state index is 0.585. The second-order valence-electron chi connectivity index (χ2n) is 11.2. The van der Waals surface area contributed by atoms with E-state index in [1.165, 1.54) is 0 Å². The van der Waals surface area contributed by atoms with Crippen molar-refractivity contribution in [2.75, 3.05) is 4.90 Å². The molecule has 2 heterocycles. The van der Waals surface area contributed by atoms with Gasteiger partial charge in [-0.05, 0) is 59.5 Å². The van der Waals surface area contributed by atoms with Crippen molar-refractivity contribution < 1.29 is 8.83 Å². The van der Waals surface area contributed by atoms with Gasteiger partial charge < -0.3 is 13.7 Å². The predicted molar refractivity (Wildman–Crippen MR) is 184 cm³/mol. The highest BCUT2D eigenvalue weighted by molar-refractivity contribution is 6.13. The van der Waals surface area contributed by atoms with Gasteiger partial charge >= 0.3 is 0 Å². The van der Waals surface area contributed by atoms with E-state index in [0.717, 1.165) is 77.6 Å². The number of benzene rings is 7. The van der Waals surface area contributed by atoms with Crippen LogP contribution >= 0.6 is 0 Å². The topological polar surface area (TPSA) is 42.4 Å². The Hall–Kier alpha value is -6.13. The average Bonchev–Trinajstić information content (AvgIpc) is 3.71. The number of hydrogen-bond donors (Lipinski definition) is 0. The van der Waals surface area contributed by atoms with Crippen molar-refractivity contribution in [3.63, 3.8) is 0 Å². The number of furan rings is 1. The van der Waals surface area contributed by atoms with E-state index in [1.54, 1.807) is 0 Å². The summed E-state index contributed by atoms with van der Waals surface area (Å²) in [5.74, 6) is 0.585. The van der Waals surface area contributed by atoms with Gasteiger partial charge in [0.1, 0.15) is 16.7 Å². The Bertz CT molecular complexity index is 2490. The zero-order valence-electron chi connectivity index (χ0n) is 24.2. The van der Waals surface area contributed by atoms with E-state index in [-0.39, 0.29) is 0 Å². The van der Waals surface area contributed by atoms with Gasteiger partial charge in [0, 0.05) is 44.7 Å². The third-order valence-electron chi connectivity index (χ3n) is 8.49. The Morgan fingerprint density at radius 2 is 1.24 bits per heavy atom. The van der Waals surface area contributed by atoms with Crippen LogP contribution in [0.2, 0.25) is 0 Å². The zero-order chi connectivity index (χ0) is 29.7. The summed E-state index contributed by atoms with van der Waals surface area (Å²) in [6.45, 7) is 0. The Labute approximate surface area is 259 Å². The van der Waals surface area contributed by atoms with Gasteiger partial charge in [0.05, 0.1) is 5.69 Å². The number of hydrogen-bond acceptors (Lipinski definition) is 4. The van der Waals surface area contributed by atoms with Crippen LogP contribution in [0.15, 0.2) is 167 Å². The van der Waals surface area contributed by atoms with Crippen molar-refractivity contribution in [2.24, 2.45) is 0 Å². The summed E-state index contributed by atoms with van der Waals surface area (Å²) in [6.07, 6.45) is 0. The fourth-order valence-electron chi connectivity index (χ4n) is 6.44. The van der Waals surface area contributed by atoms with E-state index < -0.39 is 0 Å². The molecule has 0 unspecified atom stereocenters. The molecule has 0 radical (unpaired) electrons. The maximum Gasteiger partial charge on any atom is 0.228 e. The smallest absolute Gasteiger partial charge is 0.228 e. The Morgan fingerprint density at radius 3 is 2.13 bits per heavy atom.